The fraction of sp³-hybridized carbons (Fsp3) is 0.111. The van der Waals surface area contributed by atoms with Crippen molar-refractivity contribution in [3.63, 3.8) is 0 Å². The van der Waals surface area contributed by atoms with Crippen molar-refractivity contribution in [1.82, 2.24) is 4.98 Å². The predicted molar refractivity (Wildman–Crippen MR) is 89.8 cm³/mol. The average Bonchev–Trinajstić information content (AvgIpc) is 3.05. The van der Waals surface area contributed by atoms with Crippen LogP contribution >= 0.6 is 0 Å². The summed E-state index contributed by atoms with van der Waals surface area (Å²) in [5.41, 5.74) is 3.62. The van der Waals surface area contributed by atoms with Crippen LogP contribution in [0.25, 0.3) is 11.3 Å². The first-order chi connectivity index (χ1) is 11.2. The van der Waals surface area contributed by atoms with Gasteiger partial charge in [-0.1, -0.05) is 18.2 Å². The summed E-state index contributed by atoms with van der Waals surface area (Å²) in [6.45, 7) is 1.96. The number of aliphatic imine (C=N–C) groups is 1. The molecule has 0 bridgehead atoms. The quantitative estimate of drug-likeness (QED) is 0.713. The van der Waals surface area contributed by atoms with Crippen LogP contribution in [-0.4, -0.2) is 17.7 Å². The number of rotatable bonds is 4. The highest BCUT2D eigenvalue weighted by atomic mass is 19.1. The summed E-state index contributed by atoms with van der Waals surface area (Å²) < 4.78 is 18.6. The number of benzene rings is 2. The van der Waals surface area contributed by atoms with Crippen LogP contribution in [0, 0.1) is 5.82 Å². The maximum Gasteiger partial charge on any atom is 0.299 e. The van der Waals surface area contributed by atoms with E-state index in [4.69, 9.17) is 4.42 Å². The Kier molecular flexibility index (Phi) is 4.19. The second-order valence-corrected chi connectivity index (χ2v) is 5.05. The van der Waals surface area contributed by atoms with E-state index in [1.807, 2.05) is 31.2 Å². The molecule has 0 saturated carbocycles. The van der Waals surface area contributed by atoms with Gasteiger partial charge in [-0.15, -0.1) is 0 Å². The summed E-state index contributed by atoms with van der Waals surface area (Å²) in [5.74, 6) is 0.369. The van der Waals surface area contributed by atoms with Gasteiger partial charge in [-0.2, -0.15) is 0 Å². The number of halogens is 1. The van der Waals surface area contributed by atoms with Gasteiger partial charge in [0.2, 0.25) is 0 Å². The van der Waals surface area contributed by atoms with Gasteiger partial charge in [0.05, 0.1) is 6.20 Å². The van der Waals surface area contributed by atoms with E-state index in [0.29, 0.717) is 17.5 Å². The van der Waals surface area contributed by atoms with Crippen LogP contribution in [0.1, 0.15) is 12.5 Å². The monoisotopic (exact) mass is 309 g/mol. The van der Waals surface area contributed by atoms with E-state index in [1.165, 1.54) is 12.1 Å². The van der Waals surface area contributed by atoms with Crippen molar-refractivity contribution in [2.75, 3.05) is 12.4 Å². The van der Waals surface area contributed by atoms with Gasteiger partial charge in [-0.05, 0) is 42.8 Å². The molecule has 23 heavy (non-hydrogen) atoms. The summed E-state index contributed by atoms with van der Waals surface area (Å²) in [7, 11) is 1.77. The molecule has 0 amide bonds. The summed E-state index contributed by atoms with van der Waals surface area (Å²) in [5, 5.41) is 3.00. The van der Waals surface area contributed by atoms with E-state index in [2.05, 4.69) is 15.3 Å². The Hall–Kier alpha value is -2.95. The van der Waals surface area contributed by atoms with Crippen LogP contribution in [0.15, 0.2) is 64.1 Å². The van der Waals surface area contributed by atoms with Gasteiger partial charge in [0.15, 0.2) is 5.76 Å². The van der Waals surface area contributed by atoms with Crippen LogP contribution in [-0.2, 0) is 0 Å². The standard InChI is InChI=1S/C18H16FN3O/c1-12(20-2)13-4-3-5-14(10-13)17-11-21-18(23-17)22-16-8-6-15(19)7-9-16/h3-11H,1-2H3,(H,21,22). The molecule has 0 radical (unpaired) electrons. The second-order valence-electron chi connectivity index (χ2n) is 5.05. The molecular weight excluding hydrogens is 293 g/mol. The molecule has 0 fully saturated rings. The maximum absolute atomic E-state index is 12.9. The largest absolute Gasteiger partial charge is 0.423 e. The molecule has 2 aromatic carbocycles. The Morgan fingerprint density at radius 2 is 1.96 bits per heavy atom. The molecule has 116 valence electrons. The third kappa shape index (κ3) is 3.45. The minimum absolute atomic E-state index is 0.284. The van der Waals surface area contributed by atoms with Crippen LogP contribution < -0.4 is 5.32 Å². The van der Waals surface area contributed by atoms with E-state index in [1.54, 1.807) is 25.4 Å². The topological polar surface area (TPSA) is 50.4 Å². The van der Waals surface area contributed by atoms with Crippen LogP contribution in [0.3, 0.4) is 0 Å². The number of anilines is 2. The van der Waals surface area contributed by atoms with E-state index in [-0.39, 0.29) is 5.82 Å². The Morgan fingerprint density at radius 1 is 1.17 bits per heavy atom. The molecule has 1 heterocycles. The lowest BCUT2D eigenvalue weighted by Crippen LogP contribution is -1.93. The SMILES string of the molecule is CN=C(C)c1cccc(-c2cnc(Nc3ccc(F)cc3)o2)c1. The molecule has 0 aliphatic heterocycles. The van der Waals surface area contributed by atoms with Crippen LogP contribution in [0.4, 0.5) is 16.1 Å². The Labute approximate surface area is 133 Å². The molecule has 3 aromatic rings. The molecular formula is C18H16FN3O. The van der Waals surface area contributed by atoms with Gasteiger partial charge in [-0.25, -0.2) is 9.37 Å². The molecule has 3 rings (SSSR count). The lowest BCUT2D eigenvalue weighted by molar-refractivity contribution is 0.592. The number of nitrogens with zero attached hydrogens (tertiary/aromatic N) is 2. The molecule has 1 N–H and O–H groups in total. The van der Waals surface area contributed by atoms with Crippen molar-refractivity contribution in [3.05, 3.63) is 66.1 Å². The van der Waals surface area contributed by atoms with Crippen molar-refractivity contribution >= 4 is 17.4 Å². The lowest BCUT2D eigenvalue weighted by atomic mass is 10.1. The summed E-state index contributed by atoms with van der Waals surface area (Å²) in [6.07, 6.45) is 1.66. The third-order valence-electron chi connectivity index (χ3n) is 3.50. The predicted octanol–water partition coefficient (Wildman–Crippen LogP) is 4.66. The zero-order valence-corrected chi connectivity index (χ0v) is 12.9. The summed E-state index contributed by atoms with van der Waals surface area (Å²) >= 11 is 0. The summed E-state index contributed by atoms with van der Waals surface area (Å²) in [6, 6.07) is 14.3. The first-order valence-corrected chi connectivity index (χ1v) is 7.18. The molecule has 0 spiro atoms. The first-order valence-electron chi connectivity index (χ1n) is 7.18. The van der Waals surface area contributed by atoms with Crippen molar-refractivity contribution in [2.45, 2.75) is 6.92 Å². The molecule has 5 heteroatoms. The van der Waals surface area contributed by atoms with E-state index >= 15 is 0 Å². The highest BCUT2D eigenvalue weighted by molar-refractivity contribution is 5.99. The number of hydrogen-bond donors (Lipinski definition) is 1. The van der Waals surface area contributed by atoms with Crippen LogP contribution in [0.5, 0.6) is 0 Å². The highest BCUT2D eigenvalue weighted by Gasteiger charge is 2.08. The first kappa shape index (κ1) is 15.0. The smallest absolute Gasteiger partial charge is 0.299 e. The zero-order valence-electron chi connectivity index (χ0n) is 12.9. The third-order valence-corrected chi connectivity index (χ3v) is 3.50. The molecule has 0 atom stereocenters. The molecule has 0 aliphatic carbocycles. The van der Waals surface area contributed by atoms with Gasteiger partial charge in [0.25, 0.3) is 6.01 Å². The lowest BCUT2D eigenvalue weighted by Gasteiger charge is -2.03. The van der Waals surface area contributed by atoms with Gasteiger partial charge >= 0.3 is 0 Å². The molecule has 0 saturated heterocycles. The molecule has 4 nitrogen and oxygen atoms in total. The normalized spacial score (nSPS) is 11.5. The Bertz CT molecular complexity index is 837. The van der Waals surface area contributed by atoms with Gasteiger partial charge in [0.1, 0.15) is 5.82 Å². The van der Waals surface area contributed by atoms with Gasteiger partial charge in [0, 0.05) is 24.0 Å². The second kappa shape index (κ2) is 6.44. The van der Waals surface area contributed by atoms with Crippen molar-refractivity contribution in [1.29, 1.82) is 0 Å². The minimum Gasteiger partial charge on any atom is -0.423 e. The van der Waals surface area contributed by atoms with E-state index < -0.39 is 0 Å². The Morgan fingerprint density at radius 3 is 2.70 bits per heavy atom. The van der Waals surface area contributed by atoms with Gasteiger partial charge in [-0.3, -0.25) is 4.99 Å². The van der Waals surface area contributed by atoms with Crippen LogP contribution in [0.2, 0.25) is 0 Å². The average molecular weight is 309 g/mol. The van der Waals surface area contributed by atoms with Crippen molar-refractivity contribution in [3.8, 4) is 11.3 Å². The van der Waals surface area contributed by atoms with E-state index in [0.717, 1.165) is 16.8 Å². The molecule has 1 aromatic heterocycles. The Balaban J connectivity index is 1.83. The number of nitrogens with one attached hydrogen (secondary N) is 1. The molecule has 0 unspecified atom stereocenters. The molecule has 0 aliphatic rings. The fourth-order valence-electron chi connectivity index (χ4n) is 2.15. The number of hydrogen-bond acceptors (Lipinski definition) is 4. The van der Waals surface area contributed by atoms with Gasteiger partial charge < -0.3 is 9.73 Å². The minimum atomic E-state index is -0.284. The number of aromatic nitrogens is 1. The highest BCUT2D eigenvalue weighted by Crippen LogP contribution is 2.25. The maximum atomic E-state index is 12.9. The van der Waals surface area contributed by atoms with E-state index in [9.17, 15) is 4.39 Å². The van der Waals surface area contributed by atoms with Crippen molar-refractivity contribution < 1.29 is 8.81 Å². The fourth-order valence-corrected chi connectivity index (χ4v) is 2.15. The van der Waals surface area contributed by atoms with Crippen molar-refractivity contribution in [2.24, 2.45) is 4.99 Å². The zero-order chi connectivity index (χ0) is 16.2. The summed E-state index contributed by atoms with van der Waals surface area (Å²) in [4.78, 5) is 8.39. The number of oxazole rings is 1.